The van der Waals surface area contributed by atoms with Crippen molar-refractivity contribution in [3.05, 3.63) is 52.9 Å². The van der Waals surface area contributed by atoms with E-state index in [-0.39, 0.29) is 5.91 Å². The second-order valence-corrected chi connectivity index (χ2v) is 8.14. The monoisotopic (exact) mass is 416 g/mol. The zero-order valence-electron chi connectivity index (χ0n) is 15.6. The lowest BCUT2D eigenvalue weighted by Crippen LogP contribution is -2.49. The van der Waals surface area contributed by atoms with E-state index in [0.717, 1.165) is 40.9 Å². The van der Waals surface area contributed by atoms with Gasteiger partial charge in [0.15, 0.2) is 0 Å². The number of nitrogens with zero attached hydrogens (tertiary/aromatic N) is 6. The number of hydrogen-bond acceptors (Lipinski definition) is 6. The summed E-state index contributed by atoms with van der Waals surface area (Å²) in [4.78, 5) is 25.3. The minimum absolute atomic E-state index is 0.184. The Labute approximate surface area is 172 Å². The molecule has 1 aliphatic heterocycles. The Morgan fingerprint density at radius 1 is 1.21 bits per heavy atom. The molecule has 0 bridgehead atoms. The minimum Gasteiger partial charge on any atom is -0.353 e. The number of carbonyl (C=O) groups is 1. The molecular weight excluding hydrogens is 396 g/mol. The second kappa shape index (κ2) is 8.36. The highest BCUT2D eigenvalue weighted by atomic mass is 35.5. The summed E-state index contributed by atoms with van der Waals surface area (Å²) in [6, 6.07) is 9.78. The standard InChI is InChI=1S/C19H21ClN6OS/c1-14-9-17(26-19(23-14)21-13-22-26)24-5-7-25(8-6-24)18(27)12-28-11-15-3-2-4-16(20)10-15/h2-4,9-10,13H,5-8,11-12H2,1H3. The highest BCUT2D eigenvalue weighted by Gasteiger charge is 2.23. The van der Waals surface area contributed by atoms with Crippen molar-refractivity contribution in [3.63, 3.8) is 0 Å². The first-order valence-corrected chi connectivity index (χ1v) is 10.7. The number of thioether (sulfide) groups is 1. The lowest BCUT2D eigenvalue weighted by atomic mass is 10.2. The third-order valence-corrected chi connectivity index (χ3v) is 5.92. The molecule has 146 valence electrons. The predicted molar refractivity (Wildman–Crippen MR) is 112 cm³/mol. The normalized spacial score (nSPS) is 14.6. The molecule has 1 saturated heterocycles. The summed E-state index contributed by atoms with van der Waals surface area (Å²) in [6.07, 6.45) is 1.52. The molecular formula is C19H21ClN6OS. The number of fused-ring (bicyclic) bond motifs is 1. The largest absolute Gasteiger partial charge is 0.353 e. The van der Waals surface area contributed by atoms with Gasteiger partial charge in [-0.15, -0.1) is 11.8 Å². The molecule has 9 heteroatoms. The van der Waals surface area contributed by atoms with E-state index in [9.17, 15) is 4.79 Å². The van der Waals surface area contributed by atoms with Crippen molar-refractivity contribution in [2.45, 2.75) is 12.7 Å². The molecule has 0 spiro atoms. The quantitative estimate of drug-likeness (QED) is 0.637. The maximum atomic E-state index is 12.5. The number of carbonyl (C=O) groups excluding carboxylic acids is 1. The number of benzene rings is 1. The summed E-state index contributed by atoms with van der Waals surface area (Å²) >= 11 is 7.63. The smallest absolute Gasteiger partial charge is 0.254 e. The van der Waals surface area contributed by atoms with Crippen molar-refractivity contribution < 1.29 is 4.79 Å². The van der Waals surface area contributed by atoms with Gasteiger partial charge in [0.25, 0.3) is 5.78 Å². The maximum absolute atomic E-state index is 12.5. The fourth-order valence-corrected chi connectivity index (χ4v) is 4.38. The number of aryl methyl sites for hydroxylation is 1. The molecule has 4 rings (SSSR count). The van der Waals surface area contributed by atoms with Crippen LogP contribution < -0.4 is 4.90 Å². The first kappa shape index (κ1) is 19.0. The van der Waals surface area contributed by atoms with Crippen LogP contribution in [0.25, 0.3) is 5.78 Å². The van der Waals surface area contributed by atoms with Crippen LogP contribution in [-0.4, -0.2) is 62.3 Å². The van der Waals surface area contributed by atoms with Crippen molar-refractivity contribution in [1.29, 1.82) is 0 Å². The van der Waals surface area contributed by atoms with Crippen LogP contribution in [0, 0.1) is 6.92 Å². The molecule has 0 saturated carbocycles. The molecule has 0 aliphatic carbocycles. The third-order valence-electron chi connectivity index (χ3n) is 4.70. The number of rotatable bonds is 5. The number of anilines is 1. The van der Waals surface area contributed by atoms with Crippen LogP contribution in [0.2, 0.25) is 5.02 Å². The zero-order chi connectivity index (χ0) is 19.5. The Kier molecular flexibility index (Phi) is 5.68. The van der Waals surface area contributed by atoms with Crippen molar-refractivity contribution in [2.24, 2.45) is 0 Å². The van der Waals surface area contributed by atoms with Gasteiger partial charge in [0.2, 0.25) is 5.91 Å². The predicted octanol–water partition coefficient (Wildman–Crippen LogP) is 2.67. The number of piperazine rings is 1. The van der Waals surface area contributed by atoms with Crippen LogP contribution in [0.3, 0.4) is 0 Å². The molecule has 1 aliphatic rings. The number of amides is 1. The van der Waals surface area contributed by atoms with E-state index in [0.29, 0.717) is 24.6 Å². The molecule has 0 N–H and O–H groups in total. The van der Waals surface area contributed by atoms with Gasteiger partial charge in [-0.05, 0) is 24.6 Å². The molecule has 0 radical (unpaired) electrons. The van der Waals surface area contributed by atoms with E-state index in [1.54, 1.807) is 16.3 Å². The average Bonchev–Trinajstić information content (AvgIpc) is 3.16. The van der Waals surface area contributed by atoms with Crippen LogP contribution in [0.4, 0.5) is 5.82 Å². The summed E-state index contributed by atoms with van der Waals surface area (Å²) in [5, 5.41) is 5.00. The molecule has 1 aromatic carbocycles. The summed E-state index contributed by atoms with van der Waals surface area (Å²) in [6.45, 7) is 4.89. The van der Waals surface area contributed by atoms with Gasteiger partial charge in [-0.3, -0.25) is 4.79 Å². The lowest BCUT2D eigenvalue weighted by Gasteiger charge is -2.36. The maximum Gasteiger partial charge on any atom is 0.254 e. The van der Waals surface area contributed by atoms with Gasteiger partial charge in [0.05, 0.1) is 5.75 Å². The van der Waals surface area contributed by atoms with Crippen LogP contribution in [-0.2, 0) is 10.5 Å². The van der Waals surface area contributed by atoms with Gasteiger partial charge in [0.1, 0.15) is 12.1 Å². The van der Waals surface area contributed by atoms with Crippen molar-refractivity contribution in [2.75, 3.05) is 36.8 Å². The van der Waals surface area contributed by atoms with Gasteiger partial charge in [-0.25, -0.2) is 4.98 Å². The van der Waals surface area contributed by atoms with Gasteiger partial charge >= 0.3 is 0 Å². The minimum atomic E-state index is 0.184. The first-order valence-electron chi connectivity index (χ1n) is 9.12. The summed E-state index contributed by atoms with van der Waals surface area (Å²) in [5.41, 5.74) is 2.05. The van der Waals surface area contributed by atoms with Gasteiger partial charge in [0, 0.05) is 48.7 Å². The Balaban J connectivity index is 1.31. The van der Waals surface area contributed by atoms with E-state index < -0.39 is 0 Å². The lowest BCUT2D eigenvalue weighted by molar-refractivity contribution is -0.128. The summed E-state index contributed by atoms with van der Waals surface area (Å²) < 4.78 is 1.76. The van der Waals surface area contributed by atoms with Crippen molar-refractivity contribution >= 4 is 40.9 Å². The Bertz CT molecular complexity index is 985. The Hall–Kier alpha value is -2.32. The second-order valence-electron chi connectivity index (χ2n) is 6.72. The highest BCUT2D eigenvalue weighted by molar-refractivity contribution is 7.99. The van der Waals surface area contributed by atoms with E-state index in [2.05, 4.69) is 20.0 Å². The number of halogens is 1. The molecule has 1 fully saturated rings. The Morgan fingerprint density at radius 3 is 2.82 bits per heavy atom. The average molecular weight is 417 g/mol. The summed E-state index contributed by atoms with van der Waals surface area (Å²) in [7, 11) is 0. The van der Waals surface area contributed by atoms with Crippen molar-refractivity contribution in [3.8, 4) is 0 Å². The Morgan fingerprint density at radius 2 is 2.04 bits per heavy atom. The molecule has 7 nitrogen and oxygen atoms in total. The first-order chi connectivity index (χ1) is 13.6. The fraction of sp³-hybridized carbons (Fsp3) is 0.368. The molecule has 3 heterocycles. The van der Waals surface area contributed by atoms with Gasteiger partial charge in [-0.1, -0.05) is 23.7 Å². The van der Waals surface area contributed by atoms with Gasteiger partial charge < -0.3 is 9.80 Å². The SMILES string of the molecule is Cc1cc(N2CCN(C(=O)CSCc3cccc(Cl)c3)CC2)n2ncnc2n1. The molecule has 1 amide bonds. The van der Waals surface area contributed by atoms with Crippen LogP contribution >= 0.6 is 23.4 Å². The fourth-order valence-electron chi connectivity index (χ4n) is 3.30. The molecule has 0 atom stereocenters. The summed E-state index contributed by atoms with van der Waals surface area (Å²) in [5.74, 6) is 3.03. The van der Waals surface area contributed by atoms with E-state index >= 15 is 0 Å². The third kappa shape index (κ3) is 4.23. The van der Waals surface area contributed by atoms with Crippen molar-refractivity contribution in [1.82, 2.24) is 24.5 Å². The zero-order valence-corrected chi connectivity index (χ0v) is 17.2. The topological polar surface area (TPSA) is 66.6 Å². The molecule has 28 heavy (non-hydrogen) atoms. The molecule has 2 aromatic heterocycles. The molecule has 3 aromatic rings. The van der Waals surface area contributed by atoms with Crippen LogP contribution in [0.5, 0.6) is 0 Å². The van der Waals surface area contributed by atoms with Gasteiger partial charge in [-0.2, -0.15) is 14.6 Å². The van der Waals surface area contributed by atoms with E-state index in [1.807, 2.05) is 42.2 Å². The van der Waals surface area contributed by atoms with E-state index in [4.69, 9.17) is 11.6 Å². The van der Waals surface area contributed by atoms with E-state index in [1.165, 1.54) is 6.33 Å². The molecule has 0 unspecified atom stereocenters. The number of aromatic nitrogens is 4. The number of hydrogen-bond donors (Lipinski definition) is 0. The highest BCUT2D eigenvalue weighted by Crippen LogP contribution is 2.20. The van der Waals surface area contributed by atoms with Crippen LogP contribution in [0.15, 0.2) is 36.7 Å². The van der Waals surface area contributed by atoms with Crippen LogP contribution in [0.1, 0.15) is 11.3 Å².